The Morgan fingerprint density at radius 1 is 0.594 bits per heavy atom. The summed E-state index contributed by atoms with van der Waals surface area (Å²) in [4.78, 5) is 41.4. The number of rotatable bonds is 12. The van der Waals surface area contributed by atoms with Gasteiger partial charge in [0.2, 0.25) is 0 Å². The number of hydrogen-bond donors (Lipinski definition) is 1. The fourth-order valence-corrected chi connectivity index (χ4v) is 8.55. The molecule has 0 aliphatic carbocycles. The van der Waals surface area contributed by atoms with Crippen LogP contribution in [0.15, 0.2) is 131 Å². The summed E-state index contributed by atoms with van der Waals surface area (Å²) >= 11 is 0. The molecule has 0 spiro atoms. The summed E-state index contributed by atoms with van der Waals surface area (Å²) in [5.41, 5.74) is 15.2. The predicted molar refractivity (Wildman–Crippen MR) is 259 cm³/mol. The van der Waals surface area contributed by atoms with Crippen molar-refractivity contribution in [3.05, 3.63) is 167 Å². The van der Waals surface area contributed by atoms with E-state index in [9.17, 15) is 9.59 Å². The first-order valence-electron chi connectivity index (χ1n) is 22.3. The van der Waals surface area contributed by atoms with E-state index in [1.165, 1.54) is 7.11 Å². The Bertz CT molecular complexity index is 3410. The number of hydrogen-bond acceptors (Lipinski definition) is 13. The van der Waals surface area contributed by atoms with Crippen molar-refractivity contribution in [3.63, 3.8) is 0 Å². The molecule has 0 saturated heterocycles. The quantitative estimate of drug-likeness (QED) is 0.113. The molecule has 0 bridgehead atoms. The molecule has 69 heavy (non-hydrogen) atoms. The molecule has 0 saturated carbocycles. The molecule has 16 heteroatoms. The molecular weight excluding hydrogens is 873 g/mol. The van der Waals surface area contributed by atoms with E-state index in [0.717, 1.165) is 112 Å². The van der Waals surface area contributed by atoms with E-state index in [1.807, 2.05) is 134 Å². The number of nitrogens with zero attached hydrogens (tertiary/aromatic N) is 10. The SMILES string of the molecule is COC(=O)Cc1ccc(-c2nn([C@@H](C)c3ccccn3)c3cc(-c4c(C)noc4C)cnc23)cc1.Cc1noc(C)c1-c1cnc2c(-c3ccc(CC(=O)O)cc3)nn([C@@H](C)c3ccccn3)c2c1. The van der Waals surface area contributed by atoms with Crippen LogP contribution in [-0.2, 0) is 27.2 Å². The van der Waals surface area contributed by atoms with E-state index in [2.05, 4.69) is 46.3 Å². The highest BCUT2D eigenvalue weighted by Crippen LogP contribution is 2.36. The van der Waals surface area contributed by atoms with Crippen molar-refractivity contribution in [1.29, 1.82) is 0 Å². The van der Waals surface area contributed by atoms with E-state index >= 15 is 0 Å². The molecule has 0 unspecified atom stereocenters. The monoisotopic (exact) mass is 920 g/mol. The third kappa shape index (κ3) is 9.24. The lowest BCUT2D eigenvalue weighted by Crippen LogP contribution is -2.10. The Balaban J connectivity index is 0.000000172. The van der Waals surface area contributed by atoms with E-state index in [-0.39, 0.29) is 30.9 Å². The van der Waals surface area contributed by atoms with Gasteiger partial charge >= 0.3 is 11.9 Å². The lowest BCUT2D eigenvalue weighted by atomic mass is 10.0. The van der Waals surface area contributed by atoms with Crippen LogP contribution in [0, 0.1) is 27.7 Å². The Hall–Kier alpha value is -8.66. The van der Waals surface area contributed by atoms with Crippen molar-refractivity contribution in [2.24, 2.45) is 0 Å². The van der Waals surface area contributed by atoms with Crippen LogP contribution in [0.2, 0.25) is 0 Å². The number of carboxylic acid groups (broad SMARTS) is 1. The number of methoxy groups -OCH3 is 1. The first-order chi connectivity index (χ1) is 33.4. The van der Waals surface area contributed by atoms with Crippen LogP contribution in [0.5, 0.6) is 0 Å². The average Bonchev–Trinajstić information content (AvgIpc) is 4.13. The molecule has 10 aromatic rings. The van der Waals surface area contributed by atoms with E-state index < -0.39 is 5.97 Å². The molecule has 0 amide bonds. The van der Waals surface area contributed by atoms with Crippen molar-refractivity contribution in [1.82, 2.24) is 49.8 Å². The second-order valence-corrected chi connectivity index (χ2v) is 16.7. The molecule has 2 aromatic carbocycles. The number of fused-ring (bicyclic) bond motifs is 2. The largest absolute Gasteiger partial charge is 0.481 e. The van der Waals surface area contributed by atoms with Gasteiger partial charge in [-0.25, -0.2) is 0 Å². The first-order valence-corrected chi connectivity index (χ1v) is 22.3. The van der Waals surface area contributed by atoms with E-state index in [0.29, 0.717) is 0 Å². The number of carbonyl (C=O) groups is 2. The highest BCUT2D eigenvalue weighted by Gasteiger charge is 2.24. The number of pyridine rings is 4. The Morgan fingerprint density at radius 3 is 1.39 bits per heavy atom. The summed E-state index contributed by atoms with van der Waals surface area (Å²) in [7, 11) is 1.39. The van der Waals surface area contributed by atoms with Gasteiger partial charge in [0.1, 0.15) is 33.9 Å². The maximum atomic E-state index is 11.6. The molecule has 346 valence electrons. The zero-order valence-corrected chi connectivity index (χ0v) is 39.1. The van der Waals surface area contributed by atoms with Crippen molar-refractivity contribution >= 4 is 34.0 Å². The van der Waals surface area contributed by atoms with E-state index in [4.69, 9.17) is 39.1 Å². The summed E-state index contributed by atoms with van der Waals surface area (Å²) in [6.07, 6.45) is 7.40. The minimum atomic E-state index is -0.861. The fraction of sp³-hybridized carbons (Fsp3) is 0.208. The van der Waals surface area contributed by atoms with Gasteiger partial charge in [-0.3, -0.25) is 38.9 Å². The molecular formula is C53H48N10O6. The molecule has 8 aromatic heterocycles. The van der Waals surface area contributed by atoms with Gasteiger partial charge in [-0.2, -0.15) is 10.2 Å². The fourth-order valence-electron chi connectivity index (χ4n) is 8.55. The molecule has 0 radical (unpaired) electrons. The van der Waals surface area contributed by atoms with Crippen molar-refractivity contribution in [2.45, 2.75) is 66.5 Å². The average molecular weight is 921 g/mol. The van der Waals surface area contributed by atoms with Crippen LogP contribution in [0.1, 0.15) is 71.4 Å². The van der Waals surface area contributed by atoms with Crippen LogP contribution in [-0.4, -0.2) is 74.0 Å². The number of aromatic nitrogens is 10. The van der Waals surface area contributed by atoms with Gasteiger partial charge in [-0.15, -0.1) is 0 Å². The molecule has 0 fully saturated rings. The topological polar surface area (TPSA) is 203 Å². The number of benzene rings is 2. The van der Waals surface area contributed by atoms with Gasteiger partial charge < -0.3 is 18.9 Å². The molecule has 10 rings (SSSR count). The van der Waals surface area contributed by atoms with Gasteiger partial charge in [0.15, 0.2) is 0 Å². The van der Waals surface area contributed by atoms with Gasteiger partial charge in [0.25, 0.3) is 0 Å². The number of aryl methyl sites for hydroxylation is 4. The lowest BCUT2D eigenvalue weighted by Gasteiger charge is -2.13. The number of aliphatic carboxylic acids is 1. The van der Waals surface area contributed by atoms with Crippen molar-refractivity contribution in [2.75, 3.05) is 7.11 Å². The van der Waals surface area contributed by atoms with Gasteiger partial charge in [-0.1, -0.05) is 71.0 Å². The van der Waals surface area contributed by atoms with E-state index in [1.54, 1.807) is 12.4 Å². The minimum Gasteiger partial charge on any atom is -0.481 e. The molecule has 8 heterocycles. The van der Waals surface area contributed by atoms with Crippen LogP contribution >= 0.6 is 0 Å². The molecule has 1 N–H and O–H groups in total. The lowest BCUT2D eigenvalue weighted by molar-refractivity contribution is -0.140. The molecule has 0 aliphatic heterocycles. The third-order valence-electron chi connectivity index (χ3n) is 12.1. The van der Waals surface area contributed by atoms with Gasteiger partial charge in [0, 0.05) is 58.2 Å². The Labute approximate surface area is 396 Å². The molecule has 0 aliphatic rings. The first kappa shape index (κ1) is 45.5. The van der Waals surface area contributed by atoms with Crippen LogP contribution in [0.4, 0.5) is 0 Å². The minimum absolute atomic E-state index is 0.0226. The zero-order chi connectivity index (χ0) is 48.3. The van der Waals surface area contributed by atoms with Crippen molar-refractivity contribution in [3.8, 4) is 44.8 Å². The maximum Gasteiger partial charge on any atom is 0.309 e. The van der Waals surface area contributed by atoms with Crippen LogP contribution in [0.3, 0.4) is 0 Å². The number of carboxylic acids is 1. The molecule has 16 nitrogen and oxygen atoms in total. The van der Waals surface area contributed by atoms with Gasteiger partial charge in [0.05, 0.1) is 65.8 Å². The zero-order valence-electron chi connectivity index (χ0n) is 39.1. The summed E-state index contributed by atoms with van der Waals surface area (Å²) in [6, 6.07) is 30.7. The van der Waals surface area contributed by atoms with Crippen LogP contribution in [0.25, 0.3) is 66.8 Å². The van der Waals surface area contributed by atoms with Crippen molar-refractivity contribution < 1.29 is 28.5 Å². The number of ether oxygens (including phenoxy) is 1. The Kier molecular flexibility index (Phi) is 12.7. The maximum absolute atomic E-state index is 11.6. The summed E-state index contributed by atoms with van der Waals surface area (Å²) < 4.78 is 19.4. The summed E-state index contributed by atoms with van der Waals surface area (Å²) in [5, 5.41) is 27.2. The normalized spacial score (nSPS) is 12.2. The second kappa shape index (κ2) is 19.3. The molecule has 2 atom stereocenters. The van der Waals surface area contributed by atoms with Crippen LogP contribution < -0.4 is 0 Å². The third-order valence-corrected chi connectivity index (χ3v) is 12.1. The number of carbonyl (C=O) groups excluding carboxylic acids is 1. The highest BCUT2D eigenvalue weighted by molar-refractivity contribution is 5.94. The van der Waals surface area contributed by atoms with Gasteiger partial charge in [-0.05, 0) is 89.1 Å². The smallest absolute Gasteiger partial charge is 0.309 e. The summed E-state index contributed by atoms with van der Waals surface area (Å²) in [6.45, 7) is 11.7. The standard InChI is InChI=1S/C27H25N5O3.C26H23N5O3/c1-16-25(18(3)35-31-16)21-14-23-27(29-15-21)26(20-10-8-19(9-11-20)13-24(33)34-4)30-32(23)17(2)22-7-5-6-12-28-22;1-15-24(17(3)34-30-15)20-13-22-26(28-14-20)25(19-9-7-18(8-10-19)12-23(32)33)29-31(22)16(2)21-6-4-5-11-27-21/h5-12,14-15,17H,13H2,1-4H3;4-11,13-14,16H,12H2,1-3H3,(H,32,33)/t17-;16-/m00/s1. The number of esters is 1. The summed E-state index contributed by atoms with van der Waals surface area (Å²) in [5.74, 6) is 0.344. The highest BCUT2D eigenvalue weighted by atomic mass is 16.5. The second-order valence-electron chi connectivity index (χ2n) is 16.7. The predicted octanol–water partition coefficient (Wildman–Crippen LogP) is 10.1. The Morgan fingerprint density at radius 2 is 1.03 bits per heavy atom.